The van der Waals surface area contributed by atoms with E-state index in [0.29, 0.717) is 39.7 Å². The number of carbonyl (C=O) groups is 1. The normalized spacial score (nSPS) is 14.7. The Balaban J connectivity index is 1.31. The van der Waals surface area contributed by atoms with Gasteiger partial charge in [-0.25, -0.2) is 9.50 Å². The predicted molar refractivity (Wildman–Crippen MR) is 150 cm³/mol. The molecule has 0 atom stereocenters. The number of hydrogen-bond acceptors (Lipinski definition) is 7. The molecule has 0 aliphatic carbocycles. The summed E-state index contributed by atoms with van der Waals surface area (Å²) in [5.41, 5.74) is 3.53. The monoisotopic (exact) mass is 543 g/mol. The van der Waals surface area contributed by atoms with E-state index >= 15 is 0 Å². The molecular weight excluding hydrogens is 514 g/mol. The third-order valence-electron chi connectivity index (χ3n) is 7.15. The number of halogens is 1. The van der Waals surface area contributed by atoms with Gasteiger partial charge < -0.3 is 15.0 Å². The number of fused-ring (bicyclic) bond motifs is 1. The van der Waals surface area contributed by atoms with E-state index in [4.69, 9.17) is 26.3 Å². The van der Waals surface area contributed by atoms with Gasteiger partial charge in [0.25, 0.3) is 5.91 Å². The Labute approximate surface area is 232 Å². The molecule has 0 spiro atoms. The van der Waals surface area contributed by atoms with Gasteiger partial charge in [-0.1, -0.05) is 30.7 Å². The van der Waals surface area contributed by atoms with Crippen molar-refractivity contribution in [1.29, 1.82) is 5.26 Å². The van der Waals surface area contributed by atoms with Crippen molar-refractivity contribution in [2.45, 2.75) is 45.6 Å². The molecular formula is C29H30ClN7O2. The lowest BCUT2D eigenvalue weighted by atomic mass is 9.89. The Bertz CT molecular complexity index is 1530. The molecule has 3 aromatic heterocycles. The highest BCUT2D eigenvalue weighted by Crippen LogP contribution is 2.31. The maximum atomic E-state index is 13.0. The zero-order valence-corrected chi connectivity index (χ0v) is 23.0. The lowest BCUT2D eigenvalue weighted by Crippen LogP contribution is -2.53. The van der Waals surface area contributed by atoms with Crippen LogP contribution in [0.15, 0.2) is 49.1 Å². The van der Waals surface area contributed by atoms with Crippen molar-refractivity contribution in [3.05, 3.63) is 70.8 Å². The molecule has 1 aromatic carbocycles. The number of pyridine rings is 1. The Morgan fingerprint density at radius 2 is 2.03 bits per heavy atom. The van der Waals surface area contributed by atoms with Crippen LogP contribution in [-0.2, 0) is 0 Å². The van der Waals surface area contributed by atoms with Gasteiger partial charge in [-0.2, -0.15) is 10.4 Å². The topological polar surface area (TPSA) is 108 Å². The number of carbonyl (C=O) groups excluding carboxylic acids is 1. The maximum Gasteiger partial charge on any atom is 0.253 e. The van der Waals surface area contributed by atoms with Gasteiger partial charge in [-0.15, -0.1) is 0 Å². The summed E-state index contributed by atoms with van der Waals surface area (Å²) < 4.78 is 7.49. The SMILES string of the molecule is CCCOc1cc(-c2cnc(N3CCC(C)(NC(=O)c4c(C)cccc4Cl)CC3)cn2)c2c(C#N)cnn2c1. The number of aryl methyl sites for hydroxylation is 1. The van der Waals surface area contributed by atoms with Crippen molar-refractivity contribution < 1.29 is 9.53 Å². The minimum atomic E-state index is -0.354. The number of hydrogen-bond donors (Lipinski definition) is 1. The number of nitrogens with zero attached hydrogens (tertiary/aromatic N) is 6. The average Bonchev–Trinajstić information content (AvgIpc) is 3.35. The van der Waals surface area contributed by atoms with Crippen LogP contribution in [0.1, 0.15) is 54.6 Å². The smallest absolute Gasteiger partial charge is 0.253 e. The van der Waals surface area contributed by atoms with Gasteiger partial charge in [0.15, 0.2) is 0 Å². The van der Waals surface area contributed by atoms with Crippen molar-refractivity contribution in [1.82, 2.24) is 24.9 Å². The molecule has 1 aliphatic heterocycles. The molecule has 1 fully saturated rings. The third-order valence-corrected chi connectivity index (χ3v) is 7.46. The van der Waals surface area contributed by atoms with E-state index in [9.17, 15) is 10.1 Å². The van der Waals surface area contributed by atoms with Crippen molar-refractivity contribution in [3.8, 4) is 23.1 Å². The fourth-order valence-electron chi connectivity index (χ4n) is 4.91. The molecule has 1 saturated heterocycles. The minimum absolute atomic E-state index is 0.147. The largest absolute Gasteiger partial charge is 0.492 e. The van der Waals surface area contributed by atoms with Gasteiger partial charge in [0.1, 0.15) is 17.6 Å². The Hall–Kier alpha value is -4.16. The molecule has 1 aliphatic rings. The number of benzene rings is 1. The van der Waals surface area contributed by atoms with E-state index in [1.54, 1.807) is 35.4 Å². The number of ether oxygens (including phenoxy) is 1. The maximum absolute atomic E-state index is 13.0. The fraction of sp³-hybridized carbons (Fsp3) is 0.345. The van der Waals surface area contributed by atoms with E-state index in [0.717, 1.165) is 49.3 Å². The quantitative estimate of drug-likeness (QED) is 0.341. The lowest BCUT2D eigenvalue weighted by Gasteiger charge is -2.40. The second-order valence-electron chi connectivity index (χ2n) is 10.1. The number of nitriles is 1. The van der Waals surface area contributed by atoms with Gasteiger partial charge >= 0.3 is 0 Å². The molecule has 4 heterocycles. The first kappa shape index (κ1) is 26.4. The molecule has 200 valence electrons. The zero-order chi connectivity index (χ0) is 27.6. The fourth-order valence-corrected chi connectivity index (χ4v) is 5.21. The van der Waals surface area contributed by atoms with Crippen molar-refractivity contribution in [2.75, 3.05) is 24.6 Å². The summed E-state index contributed by atoms with van der Waals surface area (Å²) in [7, 11) is 0. The first-order valence-corrected chi connectivity index (χ1v) is 13.4. The van der Waals surface area contributed by atoms with Crippen molar-refractivity contribution >= 4 is 28.8 Å². The van der Waals surface area contributed by atoms with Gasteiger partial charge in [0.05, 0.1) is 58.8 Å². The average molecular weight is 544 g/mol. The first-order chi connectivity index (χ1) is 18.8. The number of rotatable bonds is 7. The zero-order valence-electron chi connectivity index (χ0n) is 22.2. The van der Waals surface area contributed by atoms with Crippen LogP contribution in [0.2, 0.25) is 5.02 Å². The van der Waals surface area contributed by atoms with Crippen LogP contribution in [0, 0.1) is 18.3 Å². The Morgan fingerprint density at radius 3 is 2.69 bits per heavy atom. The van der Waals surface area contributed by atoms with E-state index in [2.05, 4.69) is 28.3 Å². The predicted octanol–water partition coefficient (Wildman–Crippen LogP) is 5.20. The summed E-state index contributed by atoms with van der Waals surface area (Å²) in [5, 5.41) is 17.6. The Kier molecular flexibility index (Phi) is 7.40. The highest BCUT2D eigenvalue weighted by Gasteiger charge is 2.33. The number of aromatic nitrogens is 4. The Morgan fingerprint density at radius 1 is 1.23 bits per heavy atom. The molecule has 9 nitrogen and oxygen atoms in total. The number of amides is 1. The highest BCUT2D eigenvalue weighted by atomic mass is 35.5. The van der Waals surface area contributed by atoms with E-state index < -0.39 is 0 Å². The molecule has 0 bridgehead atoms. The number of nitrogens with one attached hydrogen (secondary N) is 1. The first-order valence-electron chi connectivity index (χ1n) is 13.0. The minimum Gasteiger partial charge on any atom is -0.492 e. The van der Waals surface area contributed by atoms with E-state index in [-0.39, 0.29) is 11.4 Å². The molecule has 5 rings (SSSR count). The number of anilines is 1. The summed E-state index contributed by atoms with van der Waals surface area (Å²) in [6, 6.07) is 9.56. The van der Waals surface area contributed by atoms with Crippen LogP contribution < -0.4 is 15.0 Å². The van der Waals surface area contributed by atoms with E-state index in [1.807, 2.05) is 32.0 Å². The second-order valence-corrected chi connectivity index (χ2v) is 10.5. The lowest BCUT2D eigenvalue weighted by molar-refractivity contribution is 0.0891. The molecule has 1 amide bonds. The second kappa shape index (κ2) is 10.9. The van der Waals surface area contributed by atoms with Crippen molar-refractivity contribution in [3.63, 3.8) is 0 Å². The summed E-state index contributed by atoms with van der Waals surface area (Å²) in [6.45, 7) is 8.02. The summed E-state index contributed by atoms with van der Waals surface area (Å²) in [4.78, 5) is 24.6. The molecule has 0 radical (unpaired) electrons. The van der Waals surface area contributed by atoms with Crippen molar-refractivity contribution in [2.24, 2.45) is 0 Å². The molecule has 10 heteroatoms. The summed E-state index contributed by atoms with van der Waals surface area (Å²) in [5.74, 6) is 1.27. The van der Waals surface area contributed by atoms with E-state index in [1.165, 1.54) is 0 Å². The molecule has 0 unspecified atom stereocenters. The molecule has 4 aromatic rings. The molecule has 0 saturated carbocycles. The summed E-state index contributed by atoms with van der Waals surface area (Å²) in [6.07, 6.45) is 9.17. The highest BCUT2D eigenvalue weighted by molar-refractivity contribution is 6.34. The van der Waals surface area contributed by atoms with Gasteiger partial charge in [0.2, 0.25) is 0 Å². The van der Waals surface area contributed by atoms with Gasteiger partial charge in [-0.05, 0) is 50.8 Å². The van der Waals surface area contributed by atoms with Crippen LogP contribution >= 0.6 is 11.6 Å². The number of piperidine rings is 1. The van der Waals surface area contributed by atoms with Gasteiger partial charge in [0, 0.05) is 24.2 Å². The standard InChI is InChI=1S/C29H30ClN7O2/c1-4-12-39-21-13-22(27-20(14-31)15-34-37(27)18-21)24-16-33-25(17-32-24)36-10-8-29(3,9-11-36)35-28(38)26-19(2)6-5-7-23(26)30/h5-7,13,15-18H,4,8-12H2,1-3H3,(H,35,38). The van der Waals surface area contributed by atoms with Crippen LogP contribution in [0.3, 0.4) is 0 Å². The van der Waals surface area contributed by atoms with Gasteiger partial charge in [-0.3, -0.25) is 9.78 Å². The van der Waals surface area contributed by atoms with Crippen LogP contribution in [0.25, 0.3) is 16.8 Å². The molecule has 1 N–H and O–H groups in total. The van der Waals surface area contributed by atoms with Crippen LogP contribution in [0.4, 0.5) is 5.82 Å². The molecule has 39 heavy (non-hydrogen) atoms. The summed E-state index contributed by atoms with van der Waals surface area (Å²) >= 11 is 6.31. The van der Waals surface area contributed by atoms with Crippen LogP contribution in [-0.4, -0.2) is 50.7 Å². The van der Waals surface area contributed by atoms with Crippen LogP contribution in [0.5, 0.6) is 5.75 Å². The third kappa shape index (κ3) is 5.38.